The first-order valence-corrected chi connectivity index (χ1v) is 9.11. The van der Waals surface area contributed by atoms with Crippen LogP contribution in [0.2, 0.25) is 5.02 Å². The molecule has 1 aromatic rings. The second kappa shape index (κ2) is 6.92. The molecule has 0 fully saturated rings. The average molecular weight is 354 g/mol. The van der Waals surface area contributed by atoms with Crippen LogP contribution < -0.4 is 0 Å². The smallest absolute Gasteiger partial charge is 0.152 e. The van der Waals surface area contributed by atoms with Crippen LogP contribution in [0.1, 0.15) is 31.7 Å². The lowest BCUT2D eigenvalue weighted by molar-refractivity contribution is 0.580. The Morgan fingerprint density at radius 3 is 2.50 bits per heavy atom. The Hall–Kier alpha value is -0.0600. The van der Waals surface area contributed by atoms with Gasteiger partial charge in [-0.15, -0.1) is 0 Å². The van der Waals surface area contributed by atoms with Crippen molar-refractivity contribution in [3.63, 3.8) is 0 Å². The van der Waals surface area contributed by atoms with Gasteiger partial charge in [0.15, 0.2) is 9.84 Å². The molecule has 5 heteroatoms. The largest absolute Gasteiger partial charge is 0.229 e. The number of benzene rings is 1. The summed E-state index contributed by atoms with van der Waals surface area (Å²) in [7, 11) is -2.98. The minimum Gasteiger partial charge on any atom is -0.229 e. The highest BCUT2D eigenvalue weighted by molar-refractivity contribution is 9.09. The fourth-order valence-corrected chi connectivity index (χ4v) is 3.62. The van der Waals surface area contributed by atoms with Crippen molar-refractivity contribution in [1.29, 1.82) is 0 Å². The van der Waals surface area contributed by atoms with Crippen molar-refractivity contribution in [2.75, 3.05) is 11.1 Å². The number of alkyl halides is 1. The van der Waals surface area contributed by atoms with Crippen LogP contribution in [0.4, 0.5) is 0 Å². The van der Waals surface area contributed by atoms with Crippen molar-refractivity contribution in [3.05, 3.63) is 34.9 Å². The predicted octanol–water partition coefficient (Wildman–Crippen LogP) is 4.03. The van der Waals surface area contributed by atoms with Gasteiger partial charge in [0.1, 0.15) is 0 Å². The highest BCUT2D eigenvalue weighted by Gasteiger charge is 2.19. The second-order valence-corrected chi connectivity index (χ2v) is 8.37. The van der Waals surface area contributed by atoms with E-state index in [1.807, 2.05) is 24.3 Å². The van der Waals surface area contributed by atoms with E-state index in [0.29, 0.717) is 11.4 Å². The van der Waals surface area contributed by atoms with Crippen molar-refractivity contribution in [1.82, 2.24) is 0 Å². The minimum atomic E-state index is -2.98. The summed E-state index contributed by atoms with van der Waals surface area (Å²) in [6.45, 7) is 3.44. The lowest BCUT2D eigenvalue weighted by atomic mass is 9.99. The molecular weight excluding hydrogens is 336 g/mol. The van der Waals surface area contributed by atoms with E-state index in [1.165, 1.54) is 0 Å². The van der Waals surface area contributed by atoms with Gasteiger partial charge < -0.3 is 0 Å². The van der Waals surface area contributed by atoms with Crippen LogP contribution >= 0.6 is 27.5 Å². The molecule has 0 aliphatic rings. The molecule has 0 saturated heterocycles. The Morgan fingerprint density at radius 2 is 2.00 bits per heavy atom. The van der Waals surface area contributed by atoms with E-state index >= 15 is 0 Å². The fourth-order valence-electron chi connectivity index (χ4n) is 1.64. The second-order valence-electron chi connectivity index (χ2n) is 4.61. The van der Waals surface area contributed by atoms with Gasteiger partial charge in [-0.3, -0.25) is 0 Å². The molecule has 0 radical (unpaired) electrons. The van der Waals surface area contributed by atoms with Crippen molar-refractivity contribution >= 4 is 37.4 Å². The van der Waals surface area contributed by atoms with Crippen molar-refractivity contribution in [2.45, 2.75) is 31.4 Å². The Kier molecular flexibility index (Phi) is 6.15. The van der Waals surface area contributed by atoms with Gasteiger partial charge in [0, 0.05) is 10.4 Å². The van der Waals surface area contributed by atoms with Crippen LogP contribution in [0, 0.1) is 0 Å². The van der Waals surface area contributed by atoms with Gasteiger partial charge in [0.05, 0.1) is 11.0 Å². The molecule has 102 valence electrons. The summed E-state index contributed by atoms with van der Waals surface area (Å²) in [6, 6.07) is 7.60. The van der Waals surface area contributed by atoms with Gasteiger partial charge in [-0.05, 0) is 43.9 Å². The summed E-state index contributed by atoms with van der Waals surface area (Å²) in [5.74, 6) is 0.394. The summed E-state index contributed by atoms with van der Waals surface area (Å²) in [5, 5.41) is 1.11. The average Bonchev–Trinajstić information content (AvgIpc) is 2.29. The van der Waals surface area contributed by atoms with Gasteiger partial charge in [0.2, 0.25) is 0 Å². The predicted molar refractivity (Wildman–Crippen MR) is 81.5 cm³/mol. The number of sulfone groups is 1. The van der Waals surface area contributed by atoms with Crippen LogP contribution in [0.5, 0.6) is 0 Å². The van der Waals surface area contributed by atoms with E-state index in [4.69, 9.17) is 11.6 Å². The molecule has 0 bridgehead atoms. The van der Waals surface area contributed by atoms with Crippen molar-refractivity contribution in [3.8, 4) is 0 Å². The Morgan fingerprint density at radius 1 is 1.33 bits per heavy atom. The van der Waals surface area contributed by atoms with Crippen LogP contribution in [0.3, 0.4) is 0 Å². The standard InChI is InChI=1S/C13H18BrClO2S/c1-10(2)18(16,17)7-6-12(9-14)11-4-3-5-13(15)8-11/h3-5,8,10,12H,6-7,9H2,1-2H3. The zero-order valence-electron chi connectivity index (χ0n) is 10.6. The molecule has 0 spiro atoms. The number of halogens is 2. The highest BCUT2D eigenvalue weighted by Crippen LogP contribution is 2.25. The Balaban J connectivity index is 2.75. The first-order chi connectivity index (χ1) is 8.36. The van der Waals surface area contributed by atoms with Gasteiger partial charge in [-0.1, -0.05) is 39.7 Å². The summed E-state index contributed by atoms with van der Waals surface area (Å²) in [5.41, 5.74) is 1.08. The number of hydrogen-bond donors (Lipinski definition) is 0. The summed E-state index contributed by atoms with van der Waals surface area (Å²) in [6.07, 6.45) is 0.617. The molecule has 1 unspecified atom stereocenters. The molecule has 0 amide bonds. The molecule has 0 N–H and O–H groups in total. The Bertz CT molecular complexity index is 486. The molecule has 0 aliphatic heterocycles. The SMILES string of the molecule is CC(C)S(=O)(=O)CCC(CBr)c1cccc(Cl)c1. The molecule has 0 saturated carbocycles. The van der Waals surface area contributed by atoms with E-state index in [0.717, 1.165) is 10.9 Å². The zero-order chi connectivity index (χ0) is 13.8. The quantitative estimate of drug-likeness (QED) is 0.724. The van der Waals surface area contributed by atoms with Gasteiger partial charge in [-0.2, -0.15) is 0 Å². The van der Waals surface area contributed by atoms with E-state index in [1.54, 1.807) is 13.8 Å². The summed E-state index contributed by atoms with van der Waals surface area (Å²) >= 11 is 9.40. The monoisotopic (exact) mass is 352 g/mol. The highest BCUT2D eigenvalue weighted by atomic mass is 79.9. The lowest BCUT2D eigenvalue weighted by Crippen LogP contribution is -2.19. The minimum absolute atomic E-state index is 0.178. The van der Waals surface area contributed by atoms with E-state index in [9.17, 15) is 8.42 Å². The van der Waals surface area contributed by atoms with Crippen LogP contribution in [-0.4, -0.2) is 24.8 Å². The summed E-state index contributed by atoms with van der Waals surface area (Å²) in [4.78, 5) is 0. The maximum atomic E-state index is 11.8. The first-order valence-electron chi connectivity index (χ1n) is 5.90. The summed E-state index contributed by atoms with van der Waals surface area (Å²) < 4.78 is 23.6. The molecule has 0 heterocycles. The third kappa shape index (κ3) is 4.56. The molecule has 2 nitrogen and oxygen atoms in total. The number of hydrogen-bond acceptors (Lipinski definition) is 2. The first kappa shape index (κ1) is 16.0. The van der Waals surface area contributed by atoms with Gasteiger partial charge in [0.25, 0.3) is 0 Å². The van der Waals surface area contributed by atoms with Crippen molar-refractivity contribution in [2.24, 2.45) is 0 Å². The molecule has 0 aromatic heterocycles. The van der Waals surface area contributed by atoms with Crippen molar-refractivity contribution < 1.29 is 8.42 Å². The van der Waals surface area contributed by atoms with Gasteiger partial charge in [-0.25, -0.2) is 8.42 Å². The molecule has 0 aliphatic carbocycles. The lowest BCUT2D eigenvalue weighted by Gasteiger charge is -2.16. The maximum Gasteiger partial charge on any atom is 0.152 e. The molecular formula is C13H18BrClO2S. The van der Waals surface area contributed by atoms with Crippen LogP contribution in [-0.2, 0) is 9.84 Å². The molecule has 1 rings (SSSR count). The normalized spacial score (nSPS) is 13.8. The van der Waals surface area contributed by atoms with Gasteiger partial charge >= 0.3 is 0 Å². The maximum absolute atomic E-state index is 11.8. The molecule has 1 aromatic carbocycles. The van der Waals surface area contributed by atoms with E-state index in [2.05, 4.69) is 15.9 Å². The number of rotatable bonds is 6. The third-order valence-electron chi connectivity index (χ3n) is 2.98. The third-order valence-corrected chi connectivity index (χ3v) is 6.23. The van der Waals surface area contributed by atoms with E-state index < -0.39 is 9.84 Å². The fraction of sp³-hybridized carbons (Fsp3) is 0.538. The molecule has 18 heavy (non-hydrogen) atoms. The topological polar surface area (TPSA) is 34.1 Å². The zero-order valence-corrected chi connectivity index (χ0v) is 13.7. The van der Waals surface area contributed by atoms with Crippen LogP contribution in [0.25, 0.3) is 0 Å². The Labute approximate surface area is 123 Å². The van der Waals surface area contributed by atoms with E-state index in [-0.39, 0.29) is 16.9 Å². The van der Waals surface area contributed by atoms with Crippen LogP contribution in [0.15, 0.2) is 24.3 Å². The molecule has 1 atom stereocenters.